The summed E-state index contributed by atoms with van der Waals surface area (Å²) in [6.45, 7) is 0.435. The maximum absolute atomic E-state index is 12.8. The molecule has 0 spiro atoms. The molecule has 3 aromatic carbocycles. The van der Waals surface area contributed by atoms with Gasteiger partial charge in [0.1, 0.15) is 12.4 Å². The minimum absolute atomic E-state index is 0.206. The molecule has 0 atom stereocenters. The number of anilines is 1. The van der Waals surface area contributed by atoms with Gasteiger partial charge in [0.05, 0.1) is 15.0 Å². The Morgan fingerprint density at radius 3 is 2.59 bits per heavy atom. The van der Waals surface area contributed by atoms with E-state index in [1.807, 2.05) is 54.6 Å². The summed E-state index contributed by atoms with van der Waals surface area (Å²) in [7, 11) is 0. The number of carbonyl (C=O) groups is 2. The quantitative estimate of drug-likeness (QED) is 0.281. The SMILES string of the molecule is O=C(Nc1ccc(Cl)c(Cl)c1)NN1C(=O)/C(=C\c2cccc(OCc3ccccc3)c2)SC1=S. The normalized spacial score (nSPS) is 14.4. The van der Waals surface area contributed by atoms with Crippen LogP contribution in [-0.2, 0) is 11.4 Å². The van der Waals surface area contributed by atoms with Crippen LogP contribution in [0.2, 0.25) is 10.0 Å². The fraction of sp³-hybridized carbons (Fsp3) is 0.0417. The van der Waals surface area contributed by atoms with Crippen LogP contribution in [0.25, 0.3) is 6.08 Å². The number of amides is 3. The Labute approximate surface area is 215 Å². The Bertz CT molecular complexity index is 1290. The molecule has 1 fully saturated rings. The Hall–Kier alpha value is -3.04. The van der Waals surface area contributed by atoms with Crippen molar-refractivity contribution in [3.63, 3.8) is 0 Å². The van der Waals surface area contributed by atoms with Crippen LogP contribution in [-0.4, -0.2) is 21.3 Å². The molecular weight excluding hydrogens is 513 g/mol. The topological polar surface area (TPSA) is 70.7 Å². The highest BCUT2D eigenvalue weighted by molar-refractivity contribution is 8.26. The molecular formula is C24H17Cl2N3O3S2. The minimum Gasteiger partial charge on any atom is -0.489 e. The standard InChI is InChI=1S/C24H17Cl2N3O3S2/c25-19-10-9-17(13-20(19)26)27-23(31)28-29-22(30)21(34-24(29)33)12-16-7-4-8-18(11-16)32-14-15-5-2-1-3-6-15/h1-13H,14H2,(H2,27,28,31)/b21-12+. The number of benzene rings is 3. The van der Waals surface area contributed by atoms with Gasteiger partial charge >= 0.3 is 6.03 Å². The van der Waals surface area contributed by atoms with Crippen molar-refractivity contribution in [2.75, 3.05) is 5.32 Å². The molecule has 1 aliphatic heterocycles. The smallest absolute Gasteiger partial charge is 0.338 e. The zero-order valence-electron chi connectivity index (χ0n) is 17.5. The number of nitrogens with zero attached hydrogens (tertiary/aromatic N) is 1. The van der Waals surface area contributed by atoms with Crippen molar-refractivity contribution in [1.29, 1.82) is 0 Å². The van der Waals surface area contributed by atoms with Crippen LogP contribution >= 0.6 is 47.2 Å². The highest BCUT2D eigenvalue weighted by Gasteiger charge is 2.33. The molecule has 1 aliphatic rings. The van der Waals surface area contributed by atoms with Gasteiger partial charge in [-0.3, -0.25) is 4.79 Å². The number of hydrazine groups is 1. The molecule has 0 aliphatic carbocycles. The molecule has 34 heavy (non-hydrogen) atoms. The molecule has 2 N–H and O–H groups in total. The number of ether oxygens (including phenoxy) is 1. The molecule has 1 saturated heterocycles. The lowest BCUT2D eigenvalue weighted by Gasteiger charge is -2.16. The van der Waals surface area contributed by atoms with Gasteiger partial charge < -0.3 is 10.1 Å². The van der Waals surface area contributed by atoms with E-state index < -0.39 is 11.9 Å². The summed E-state index contributed by atoms with van der Waals surface area (Å²) >= 11 is 18.2. The van der Waals surface area contributed by atoms with Gasteiger partial charge in [0.25, 0.3) is 5.91 Å². The molecule has 0 unspecified atom stereocenters. The predicted molar refractivity (Wildman–Crippen MR) is 141 cm³/mol. The fourth-order valence-electron chi connectivity index (χ4n) is 2.98. The van der Waals surface area contributed by atoms with E-state index in [0.717, 1.165) is 27.9 Å². The molecule has 172 valence electrons. The maximum atomic E-state index is 12.8. The van der Waals surface area contributed by atoms with Crippen molar-refractivity contribution in [3.8, 4) is 5.75 Å². The van der Waals surface area contributed by atoms with Gasteiger partial charge in [-0.15, -0.1) is 0 Å². The first-order valence-electron chi connectivity index (χ1n) is 9.96. The summed E-state index contributed by atoms with van der Waals surface area (Å²) in [5.74, 6) is 0.238. The molecule has 0 radical (unpaired) electrons. The van der Waals surface area contributed by atoms with Crippen LogP contribution in [0.15, 0.2) is 77.7 Å². The third-order valence-corrected chi connectivity index (χ3v) is 6.63. The second-order valence-corrected chi connectivity index (χ2v) is 9.55. The zero-order valence-corrected chi connectivity index (χ0v) is 20.6. The van der Waals surface area contributed by atoms with Gasteiger partial charge in [-0.2, -0.15) is 5.01 Å². The molecule has 3 aromatic rings. The first-order valence-corrected chi connectivity index (χ1v) is 11.9. The van der Waals surface area contributed by atoms with E-state index in [-0.39, 0.29) is 4.32 Å². The van der Waals surface area contributed by atoms with Crippen LogP contribution in [0.4, 0.5) is 10.5 Å². The van der Waals surface area contributed by atoms with Crippen molar-refractivity contribution in [3.05, 3.63) is 98.9 Å². The summed E-state index contributed by atoms with van der Waals surface area (Å²) in [4.78, 5) is 25.6. The highest BCUT2D eigenvalue weighted by Crippen LogP contribution is 2.32. The van der Waals surface area contributed by atoms with E-state index in [1.54, 1.807) is 18.2 Å². The van der Waals surface area contributed by atoms with Crippen LogP contribution in [0, 0.1) is 0 Å². The second kappa shape index (κ2) is 10.9. The molecule has 3 amide bonds. The van der Waals surface area contributed by atoms with Gasteiger partial charge in [0.15, 0.2) is 4.32 Å². The van der Waals surface area contributed by atoms with E-state index in [4.69, 9.17) is 40.2 Å². The Kier molecular flexibility index (Phi) is 7.74. The lowest BCUT2D eigenvalue weighted by atomic mass is 10.2. The Morgan fingerprint density at radius 1 is 1.03 bits per heavy atom. The Morgan fingerprint density at radius 2 is 1.82 bits per heavy atom. The average Bonchev–Trinajstić information content (AvgIpc) is 3.08. The van der Waals surface area contributed by atoms with Gasteiger partial charge in [0, 0.05) is 5.69 Å². The number of urea groups is 1. The first-order chi connectivity index (χ1) is 16.4. The van der Waals surface area contributed by atoms with Crippen molar-refractivity contribution < 1.29 is 14.3 Å². The van der Waals surface area contributed by atoms with Crippen LogP contribution < -0.4 is 15.5 Å². The Balaban J connectivity index is 1.40. The third kappa shape index (κ3) is 6.09. The fourth-order valence-corrected chi connectivity index (χ4v) is 4.46. The van der Waals surface area contributed by atoms with Crippen molar-refractivity contribution in [2.45, 2.75) is 6.61 Å². The number of hydrogen-bond acceptors (Lipinski definition) is 5. The summed E-state index contributed by atoms with van der Waals surface area (Å²) in [5, 5.41) is 4.27. The van der Waals surface area contributed by atoms with Crippen molar-refractivity contribution in [1.82, 2.24) is 10.4 Å². The summed E-state index contributed by atoms with van der Waals surface area (Å²) in [6, 6.07) is 21.2. The zero-order chi connectivity index (χ0) is 24.1. The predicted octanol–water partition coefficient (Wildman–Crippen LogP) is 6.51. The number of rotatable bonds is 6. The number of carbonyl (C=O) groups excluding carboxylic acids is 2. The molecule has 4 rings (SSSR count). The maximum Gasteiger partial charge on any atom is 0.338 e. The first kappa shape index (κ1) is 24.1. The number of thioether (sulfide) groups is 1. The van der Waals surface area contributed by atoms with Gasteiger partial charge in [-0.25, -0.2) is 10.2 Å². The van der Waals surface area contributed by atoms with E-state index >= 15 is 0 Å². The van der Waals surface area contributed by atoms with Gasteiger partial charge in [-0.1, -0.05) is 77.4 Å². The van der Waals surface area contributed by atoms with Crippen LogP contribution in [0.1, 0.15) is 11.1 Å². The average molecular weight is 530 g/mol. The summed E-state index contributed by atoms with van der Waals surface area (Å²) < 4.78 is 6.06. The highest BCUT2D eigenvalue weighted by atomic mass is 35.5. The minimum atomic E-state index is -0.646. The van der Waals surface area contributed by atoms with Crippen LogP contribution in [0.5, 0.6) is 5.75 Å². The van der Waals surface area contributed by atoms with Gasteiger partial charge in [0.2, 0.25) is 0 Å². The molecule has 0 saturated carbocycles. The van der Waals surface area contributed by atoms with E-state index in [0.29, 0.717) is 33.0 Å². The molecule has 10 heteroatoms. The van der Waals surface area contributed by atoms with E-state index in [9.17, 15) is 9.59 Å². The lowest BCUT2D eigenvalue weighted by Crippen LogP contribution is -2.46. The van der Waals surface area contributed by atoms with E-state index in [2.05, 4.69) is 10.7 Å². The molecule has 1 heterocycles. The molecule has 6 nitrogen and oxygen atoms in total. The number of thiocarbonyl (C=S) groups is 1. The monoisotopic (exact) mass is 529 g/mol. The largest absolute Gasteiger partial charge is 0.489 e. The van der Waals surface area contributed by atoms with Crippen molar-refractivity contribution in [2.24, 2.45) is 0 Å². The van der Waals surface area contributed by atoms with Crippen LogP contribution in [0.3, 0.4) is 0 Å². The van der Waals surface area contributed by atoms with Gasteiger partial charge in [-0.05, 0) is 59.8 Å². The summed E-state index contributed by atoms with van der Waals surface area (Å²) in [6.07, 6.45) is 1.70. The van der Waals surface area contributed by atoms with E-state index in [1.165, 1.54) is 6.07 Å². The number of nitrogens with one attached hydrogen (secondary N) is 2. The lowest BCUT2D eigenvalue weighted by molar-refractivity contribution is -0.123. The third-order valence-electron chi connectivity index (χ3n) is 4.59. The molecule has 0 bridgehead atoms. The summed E-state index contributed by atoms with van der Waals surface area (Å²) in [5.41, 5.74) is 4.70. The molecule has 0 aromatic heterocycles. The number of halogens is 2. The van der Waals surface area contributed by atoms with Crippen molar-refractivity contribution >= 4 is 75.2 Å². The number of hydrogen-bond donors (Lipinski definition) is 2. The second-order valence-electron chi connectivity index (χ2n) is 7.06.